The van der Waals surface area contributed by atoms with E-state index in [0.29, 0.717) is 48.2 Å². The molecule has 1 aromatic carbocycles. The maximum absolute atomic E-state index is 15.6. The minimum Gasteiger partial charge on any atom is -0.465 e. The Labute approximate surface area is 236 Å². The minimum absolute atomic E-state index is 0.0307. The summed E-state index contributed by atoms with van der Waals surface area (Å²) in [5.41, 5.74) is 2.24. The molecule has 2 aliphatic carbocycles. The quantitative estimate of drug-likeness (QED) is 0.452. The molecule has 13 heteroatoms. The van der Waals surface area contributed by atoms with Gasteiger partial charge in [0.15, 0.2) is 5.82 Å². The summed E-state index contributed by atoms with van der Waals surface area (Å²) in [7, 11) is -0.438. The van der Waals surface area contributed by atoms with Crippen molar-refractivity contribution in [2.24, 2.45) is 0 Å². The van der Waals surface area contributed by atoms with Gasteiger partial charge in [-0.15, -0.1) is 0 Å². The van der Waals surface area contributed by atoms with Crippen LogP contribution in [-0.4, -0.2) is 78.9 Å². The average Bonchev–Trinajstić information content (AvgIpc) is 3.70. The van der Waals surface area contributed by atoms with Crippen LogP contribution < -0.4 is 14.5 Å². The second-order valence-corrected chi connectivity index (χ2v) is 13.5. The molecule has 11 nitrogen and oxygen atoms in total. The van der Waals surface area contributed by atoms with E-state index in [2.05, 4.69) is 14.7 Å². The van der Waals surface area contributed by atoms with Gasteiger partial charge in [0.25, 0.3) is 0 Å². The Kier molecular flexibility index (Phi) is 5.53. The van der Waals surface area contributed by atoms with Gasteiger partial charge in [-0.05, 0) is 37.8 Å². The Morgan fingerprint density at radius 1 is 1.17 bits per heavy atom. The molecule has 2 saturated carbocycles. The lowest BCUT2D eigenvalue weighted by Crippen LogP contribution is -2.60. The molecule has 7 rings (SSSR count). The number of rotatable bonds is 6. The van der Waals surface area contributed by atoms with E-state index in [1.165, 1.54) is 24.2 Å². The van der Waals surface area contributed by atoms with Crippen LogP contribution in [0.5, 0.6) is 0 Å². The van der Waals surface area contributed by atoms with Crippen LogP contribution in [0.2, 0.25) is 0 Å². The summed E-state index contributed by atoms with van der Waals surface area (Å²) in [6, 6.07) is 4.37. The van der Waals surface area contributed by atoms with E-state index >= 15 is 4.39 Å². The third-order valence-corrected chi connectivity index (χ3v) is 11.0. The molecular weight excluding hydrogens is 551 g/mol. The molecule has 2 aromatic heterocycles. The predicted octanol–water partition coefficient (Wildman–Crippen LogP) is 3.54. The fourth-order valence-corrected chi connectivity index (χ4v) is 7.67. The highest BCUT2D eigenvalue weighted by Gasteiger charge is 2.54. The first-order chi connectivity index (χ1) is 19.5. The van der Waals surface area contributed by atoms with E-state index in [9.17, 15) is 23.1 Å². The van der Waals surface area contributed by atoms with Gasteiger partial charge in [0.2, 0.25) is 15.9 Å². The monoisotopic (exact) mass is 580 g/mol. The Morgan fingerprint density at radius 3 is 2.54 bits per heavy atom. The summed E-state index contributed by atoms with van der Waals surface area (Å²) >= 11 is 0. The number of hydrogen-bond acceptors (Lipinski definition) is 7. The summed E-state index contributed by atoms with van der Waals surface area (Å²) in [5.74, 6) is -0.150. The van der Waals surface area contributed by atoms with Crippen LogP contribution in [0, 0.1) is 5.82 Å². The van der Waals surface area contributed by atoms with Gasteiger partial charge < -0.3 is 19.8 Å². The molecule has 0 unspecified atom stereocenters. The van der Waals surface area contributed by atoms with E-state index in [0.717, 1.165) is 30.5 Å². The molecule has 2 amide bonds. The fraction of sp³-hybridized carbons (Fsp3) is 0.429. The largest absolute Gasteiger partial charge is 0.465 e. The van der Waals surface area contributed by atoms with Crippen molar-refractivity contribution in [3.8, 4) is 11.1 Å². The van der Waals surface area contributed by atoms with Gasteiger partial charge in [0, 0.05) is 61.5 Å². The van der Waals surface area contributed by atoms with Gasteiger partial charge in [0.1, 0.15) is 5.82 Å². The molecule has 2 aliphatic heterocycles. The van der Waals surface area contributed by atoms with Gasteiger partial charge >= 0.3 is 6.09 Å². The molecule has 3 fully saturated rings. The van der Waals surface area contributed by atoms with Gasteiger partial charge in [-0.2, -0.15) is 0 Å². The number of anilines is 3. The van der Waals surface area contributed by atoms with Crippen LogP contribution >= 0.6 is 0 Å². The molecule has 4 heterocycles. The molecule has 0 atom stereocenters. The van der Waals surface area contributed by atoms with Crippen LogP contribution in [0.4, 0.5) is 26.4 Å². The Balaban J connectivity index is 1.32. The molecule has 4 aliphatic rings. The first kappa shape index (κ1) is 25.9. The van der Waals surface area contributed by atoms with Crippen molar-refractivity contribution in [1.29, 1.82) is 0 Å². The van der Waals surface area contributed by atoms with E-state index in [4.69, 9.17) is 0 Å². The van der Waals surface area contributed by atoms with Crippen molar-refractivity contribution in [2.75, 3.05) is 41.7 Å². The first-order valence-electron chi connectivity index (χ1n) is 13.6. The Morgan fingerprint density at radius 2 is 1.90 bits per heavy atom. The van der Waals surface area contributed by atoms with Crippen molar-refractivity contribution >= 4 is 50.1 Å². The van der Waals surface area contributed by atoms with Crippen LogP contribution in [-0.2, 0) is 20.2 Å². The van der Waals surface area contributed by atoms with Crippen molar-refractivity contribution < 1.29 is 27.5 Å². The number of benzene rings is 1. The number of aromatic nitrogens is 2. The number of likely N-dealkylation sites (N-methyl/N-ethyl adjacent to an activating group) is 2. The molecular formula is C28H29FN6O5S. The van der Waals surface area contributed by atoms with E-state index < -0.39 is 32.6 Å². The average molecular weight is 581 g/mol. The Hall–Kier alpha value is -4.00. The zero-order valence-electron chi connectivity index (χ0n) is 22.6. The maximum Gasteiger partial charge on any atom is 0.407 e. The zero-order valence-corrected chi connectivity index (χ0v) is 23.4. The summed E-state index contributed by atoms with van der Waals surface area (Å²) in [6.07, 6.45) is 5.61. The fourth-order valence-electron chi connectivity index (χ4n) is 6.29. The molecule has 0 radical (unpaired) electrons. The lowest BCUT2D eigenvalue weighted by Gasteiger charge is -2.44. The van der Waals surface area contributed by atoms with E-state index in [-0.39, 0.29) is 23.2 Å². The van der Waals surface area contributed by atoms with Crippen LogP contribution in [0.15, 0.2) is 30.6 Å². The number of fused-ring (bicyclic) bond motifs is 4. The van der Waals surface area contributed by atoms with Gasteiger partial charge in [-0.1, -0.05) is 6.42 Å². The topological polar surface area (TPSA) is 136 Å². The number of amides is 2. The maximum atomic E-state index is 15.6. The standard InChI is InChI=1S/C28H29FN6O5S/c1-33(27(37)38)16-13-35(14-16)25-22(32-41(39,40)17-4-5-17)8-15(11-31-25)18-9-19-21(10-20(18)29)30-12-23-24(19)28(6-3-7-28)26(36)34(23)2/h8-12,16-17,32H,3-7,13-14H2,1-2H3,(H,37,38). The second kappa shape index (κ2) is 8.75. The SMILES string of the molecule is CN1C(=O)C2(CCC2)c2c1cnc1cc(F)c(-c3cnc(N4CC(N(C)C(=O)O)C4)c(NS(=O)(=O)C4CC4)c3)cc21. The van der Waals surface area contributed by atoms with E-state index in [1.807, 2.05) is 0 Å². The number of sulfonamides is 1. The van der Waals surface area contributed by atoms with Crippen LogP contribution in [0.1, 0.15) is 37.7 Å². The first-order valence-corrected chi connectivity index (χ1v) is 15.2. The molecule has 2 N–H and O–H groups in total. The number of nitrogens with zero attached hydrogens (tertiary/aromatic N) is 5. The highest BCUT2D eigenvalue weighted by atomic mass is 32.2. The van der Waals surface area contributed by atoms with Crippen molar-refractivity contribution in [2.45, 2.75) is 48.8 Å². The third-order valence-electron chi connectivity index (χ3n) is 9.10. The molecule has 0 bridgehead atoms. The number of nitrogens with one attached hydrogen (secondary N) is 1. The number of hydrogen-bond donors (Lipinski definition) is 2. The summed E-state index contributed by atoms with van der Waals surface area (Å²) in [4.78, 5) is 38.2. The number of carbonyl (C=O) groups excluding carboxylic acids is 1. The molecule has 41 heavy (non-hydrogen) atoms. The molecule has 1 saturated heterocycles. The Bertz CT molecular complexity index is 1750. The van der Waals surface area contributed by atoms with Gasteiger partial charge in [-0.25, -0.2) is 22.6 Å². The van der Waals surface area contributed by atoms with E-state index in [1.54, 1.807) is 35.2 Å². The second-order valence-electron chi connectivity index (χ2n) is 11.6. The third kappa shape index (κ3) is 3.85. The molecule has 3 aromatic rings. The smallest absolute Gasteiger partial charge is 0.407 e. The lowest BCUT2D eigenvalue weighted by atomic mass is 9.64. The van der Waals surface area contributed by atoms with Crippen molar-refractivity contribution in [1.82, 2.24) is 14.9 Å². The number of carboxylic acid groups (broad SMARTS) is 1. The molecule has 214 valence electrons. The number of halogens is 1. The summed E-state index contributed by atoms with van der Waals surface area (Å²) in [5, 5.41) is 9.50. The van der Waals surface area contributed by atoms with Gasteiger partial charge in [-0.3, -0.25) is 14.5 Å². The number of carbonyl (C=O) groups is 2. The normalized spacial score (nSPS) is 19.7. The summed E-state index contributed by atoms with van der Waals surface area (Å²) in [6.45, 7) is 0.693. The summed E-state index contributed by atoms with van der Waals surface area (Å²) < 4.78 is 44.1. The number of pyridine rings is 2. The minimum atomic E-state index is -3.67. The highest BCUT2D eigenvalue weighted by Crippen LogP contribution is 2.55. The predicted molar refractivity (Wildman–Crippen MR) is 151 cm³/mol. The lowest BCUT2D eigenvalue weighted by molar-refractivity contribution is -0.125. The van der Waals surface area contributed by atoms with Crippen LogP contribution in [0.25, 0.3) is 22.0 Å². The van der Waals surface area contributed by atoms with Crippen LogP contribution in [0.3, 0.4) is 0 Å². The zero-order chi connectivity index (χ0) is 28.8. The van der Waals surface area contributed by atoms with Crippen molar-refractivity contribution in [3.63, 3.8) is 0 Å². The molecule has 1 spiro atoms. The van der Waals surface area contributed by atoms with Crippen molar-refractivity contribution in [3.05, 3.63) is 42.0 Å². The highest BCUT2D eigenvalue weighted by molar-refractivity contribution is 7.93. The van der Waals surface area contributed by atoms with Gasteiger partial charge in [0.05, 0.1) is 39.8 Å².